The summed E-state index contributed by atoms with van der Waals surface area (Å²) in [6.45, 7) is 6.10. The number of ether oxygens (including phenoxy) is 1. The van der Waals surface area contributed by atoms with Crippen LogP contribution in [0.5, 0.6) is 0 Å². The molecule has 0 atom stereocenters. The first-order valence-corrected chi connectivity index (χ1v) is 10.8. The number of anilines is 2. The first-order chi connectivity index (χ1) is 15.6. The molecule has 5 rings (SSSR count). The van der Waals surface area contributed by atoms with Crippen molar-refractivity contribution in [2.45, 2.75) is 6.92 Å². The van der Waals surface area contributed by atoms with Crippen molar-refractivity contribution in [1.29, 1.82) is 0 Å². The third-order valence-electron chi connectivity index (χ3n) is 5.95. The van der Waals surface area contributed by atoms with Crippen LogP contribution in [0, 0.1) is 0 Å². The van der Waals surface area contributed by atoms with E-state index in [0.29, 0.717) is 16.7 Å². The Bertz CT molecular complexity index is 1290. The molecule has 0 bridgehead atoms. The number of carbonyl (C=O) groups is 1. The second-order valence-corrected chi connectivity index (χ2v) is 8.01. The van der Waals surface area contributed by atoms with Gasteiger partial charge in [0.25, 0.3) is 0 Å². The molecule has 0 spiro atoms. The molecule has 1 saturated heterocycles. The van der Waals surface area contributed by atoms with Crippen LogP contribution >= 0.6 is 0 Å². The Hall–Kier alpha value is -3.65. The van der Waals surface area contributed by atoms with Gasteiger partial charge in [0.2, 0.25) is 0 Å². The Morgan fingerprint density at radius 2 is 1.59 bits per heavy atom. The summed E-state index contributed by atoms with van der Waals surface area (Å²) in [4.78, 5) is 27.0. The van der Waals surface area contributed by atoms with Crippen LogP contribution in [0.2, 0.25) is 0 Å². The highest BCUT2D eigenvalue weighted by Crippen LogP contribution is 2.32. The van der Waals surface area contributed by atoms with Gasteiger partial charge < -0.3 is 20.3 Å². The lowest BCUT2D eigenvalue weighted by Crippen LogP contribution is -2.44. The van der Waals surface area contributed by atoms with Gasteiger partial charge in [-0.05, 0) is 50.4 Å². The Balaban J connectivity index is 1.63. The number of carbonyl (C=O) groups excluding carboxylic acids is 1. The van der Waals surface area contributed by atoms with Crippen molar-refractivity contribution in [3.63, 3.8) is 0 Å². The minimum Gasteiger partial charge on any atom is -0.462 e. The van der Waals surface area contributed by atoms with Crippen LogP contribution in [0.25, 0.3) is 27.9 Å². The number of nitrogen functional groups attached to an aromatic ring is 1. The number of nitrogens with two attached hydrogens (primary N) is 1. The third kappa shape index (κ3) is 3.42. The number of fused-ring (bicyclic) bond motifs is 2. The molecule has 0 saturated carbocycles. The van der Waals surface area contributed by atoms with Crippen molar-refractivity contribution in [3.8, 4) is 5.69 Å². The standard InChI is InChI=1S/C24H26N6O2/c1-3-32-24(31)20-21-23(27-19-7-5-4-6-18(19)26-21)30(22(20)25)17-10-8-16(9-11-17)29-14-12-28(2)13-15-29/h4-11H,3,12-15,25H2,1-2H3. The molecular weight excluding hydrogens is 404 g/mol. The molecule has 3 heterocycles. The van der Waals surface area contributed by atoms with E-state index < -0.39 is 5.97 Å². The van der Waals surface area contributed by atoms with Gasteiger partial charge >= 0.3 is 5.97 Å². The van der Waals surface area contributed by atoms with Gasteiger partial charge in [-0.1, -0.05) is 12.1 Å². The van der Waals surface area contributed by atoms with Gasteiger partial charge in [0.1, 0.15) is 16.9 Å². The van der Waals surface area contributed by atoms with Crippen molar-refractivity contribution < 1.29 is 9.53 Å². The van der Waals surface area contributed by atoms with Gasteiger partial charge in [-0.2, -0.15) is 0 Å². The molecule has 1 fully saturated rings. The van der Waals surface area contributed by atoms with Gasteiger partial charge in [0, 0.05) is 37.6 Å². The monoisotopic (exact) mass is 430 g/mol. The first-order valence-electron chi connectivity index (χ1n) is 10.8. The summed E-state index contributed by atoms with van der Waals surface area (Å²) >= 11 is 0. The summed E-state index contributed by atoms with van der Waals surface area (Å²) < 4.78 is 7.06. The lowest BCUT2D eigenvalue weighted by molar-refractivity contribution is 0.0529. The molecule has 4 aromatic rings. The molecular formula is C24H26N6O2. The third-order valence-corrected chi connectivity index (χ3v) is 5.95. The number of rotatable bonds is 4. The zero-order chi connectivity index (χ0) is 22.2. The maximum atomic E-state index is 12.8. The number of nitrogens with zero attached hydrogens (tertiary/aromatic N) is 5. The van der Waals surface area contributed by atoms with Gasteiger partial charge in [-0.3, -0.25) is 4.57 Å². The lowest BCUT2D eigenvalue weighted by atomic mass is 10.2. The molecule has 2 aromatic carbocycles. The van der Waals surface area contributed by atoms with Crippen LogP contribution in [0.15, 0.2) is 48.5 Å². The fourth-order valence-electron chi connectivity index (χ4n) is 4.20. The number of aromatic nitrogens is 3. The van der Waals surface area contributed by atoms with E-state index in [1.807, 2.05) is 36.4 Å². The molecule has 0 radical (unpaired) electrons. The number of piperazine rings is 1. The Morgan fingerprint density at radius 3 is 2.25 bits per heavy atom. The zero-order valence-corrected chi connectivity index (χ0v) is 18.3. The van der Waals surface area contributed by atoms with Gasteiger partial charge in [-0.15, -0.1) is 0 Å². The van der Waals surface area contributed by atoms with E-state index in [9.17, 15) is 4.79 Å². The quantitative estimate of drug-likeness (QED) is 0.498. The van der Waals surface area contributed by atoms with Crippen LogP contribution in [0.3, 0.4) is 0 Å². The fraction of sp³-hybridized carbons (Fsp3) is 0.292. The van der Waals surface area contributed by atoms with Gasteiger partial charge in [-0.25, -0.2) is 14.8 Å². The molecule has 0 amide bonds. The smallest absolute Gasteiger partial charge is 0.344 e. The minimum atomic E-state index is -0.493. The summed E-state index contributed by atoms with van der Waals surface area (Å²) in [5.41, 5.74) is 11.2. The average Bonchev–Trinajstić information content (AvgIpc) is 3.09. The Labute approximate surface area is 186 Å². The largest absolute Gasteiger partial charge is 0.462 e. The second-order valence-electron chi connectivity index (χ2n) is 8.01. The first kappa shape index (κ1) is 20.3. The predicted octanol–water partition coefficient (Wildman–Crippen LogP) is 3.08. The second kappa shape index (κ2) is 8.12. The lowest BCUT2D eigenvalue weighted by Gasteiger charge is -2.34. The van der Waals surface area contributed by atoms with Gasteiger partial charge in [0.15, 0.2) is 5.65 Å². The molecule has 1 aliphatic rings. The van der Waals surface area contributed by atoms with Crippen molar-refractivity contribution >= 4 is 39.7 Å². The topological polar surface area (TPSA) is 89.5 Å². The highest BCUT2D eigenvalue weighted by atomic mass is 16.5. The number of benzene rings is 2. The molecule has 32 heavy (non-hydrogen) atoms. The number of para-hydroxylation sites is 2. The van der Waals surface area contributed by atoms with E-state index in [4.69, 9.17) is 20.4 Å². The molecule has 8 heteroatoms. The summed E-state index contributed by atoms with van der Waals surface area (Å²) in [5, 5.41) is 0. The van der Waals surface area contributed by atoms with Crippen LogP contribution in [-0.2, 0) is 4.74 Å². The molecule has 2 N–H and O–H groups in total. The normalized spacial score (nSPS) is 14.9. The summed E-state index contributed by atoms with van der Waals surface area (Å²) in [7, 11) is 2.15. The van der Waals surface area contributed by atoms with E-state index >= 15 is 0 Å². The van der Waals surface area contributed by atoms with Crippen molar-refractivity contribution in [3.05, 3.63) is 54.1 Å². The maximum absolute atomic E-state index is 12.8. The van der Waals surface area contributed by atoms with Crippen LogP contribution < -0.4 is 10.6 Å². The molecule has 2 aromatic heterocycles. The molecule has 164 valence electrons. The SMILES string of the molecule is CCOC(=O)c1c(N)n(-c2ccc(N3CCN(C)CC3)cc2)c2nc3ccccc3nc12. The average molecular weight is 431 g/mol. The van der Waals surface area contributed by atoms with E-state index in [-0.39, 0.29) is 18.0 Å². The highest BCUT2D eigenvalue weighted by molar-refractivity contribution is 6.09. The van der Waals surface area contributed by atoms with E-state index in [1.54, 1.807) is 11.5 Å². The maximum Gasteiger partial charge on any atom is 0.344 e. The number of likely N-dealkylation sites (N-methyl/N-ethyl adjacent to an activating group) is 1. The van der Waals surface area contributed by atoms with Gasteiger partial charge in [0.05, 0.1) is 17.6 Å². The minimum absolute atomic E-state index is 0.253. The van der Waals surface area contributed by atoms with Crippen molar-refractivity contribution in [2.75, 3.05) is 50.5 Å². The van der Waals surface area contributed by atoms with Crippen LogP contribution in [0.1, 0.15) is 17.3 Å². The molecule has 0 unspecified atom stereocenters. The summed E-state index contributed by atoms with van der Waals surface area (Å²) in [6, 6.07) is 15.8. The molecule has 8 nitrogen and oxygen atoms in total. The van der Waals surface area contributed by atoms with Crippen molar-refractivity contribution in [2.24, 2.45) is 0 Å². The number of hydrogen-bond acceptors (Lipinski definition) is 7. The number of esters is 1. The van der Waals surface area contributed by atoms with Crippen LogP contribution in [0.4, 0.5) is 11.5 Å². The Kier molecular flexibility index (Phi) is 5.14. The van der Waals surface area contributed by atoms with Crippen molar-refractivity contribution in [1.82, 2.24) is 19.4 Å². The van der Waals surface area contributed by atoms with E-state index in [1.165, 1.54) is 5.69 Å². The molecule has 0 aliphatic carbocycles. The number of hydrogen-bond donors (Lipinski definition) is 1. The Morgan fingerprint density at radius 1 is 0.969 bits per heavy atom. The van der Waals surface area contributed by atoms with E-state index in [0.717, 1.165) is 37.4 Å². The highest BCUT2D eigenvalue weighted by Gasteiger charge is 2.26. The van der Waals surface area contributed by atoms with E-state index in [2.05, 4.69) is 29.0 Å². The molecule has 1 aliphatic heterocycles. The fourth-order valence-corrected chi connectivity index (χ4v) is 4.20. The summed E-state index contributed by atoms with van der Waals surface area (Å²) in [6.07, 6.45) is 0. The zero-order valence-electron chi connectivity index (χ0n) is 18.3. The van der Waals surface area contributed by atoms with Crippen LogP contribution in [-0.4, -0.2) is 65.2 Å². The summed E-state index contributed by atoms with van der Waals surface area (Å²) in [5.74, 6) is -0.214. The predicted molar refractivity (Wildman–Crippen MR) is 126 cm³/mol.